The van der Waals surface area contributed by atoms with Crippen LogP contribution in [0.2, 0.25) is 0 Å². The molecule has 0 spiro atoms. The fourth-order valence-electron chi connectivity index (χ4n) is 2.55. The zero-order valence-electron chi connectivity index (χ0n) is 12.5. The zero-order chi connectivity index (χ0) is 14.7. The number of hydrogen-bond acceptors (Lipinski definition) is 2. The maximum Gasteiger partial charge on any atom is 0.0406 e. The molecule has 1 heterocycles. The van der Waals surface area contributed by atoms with Gasteiger partial charge in [0.2, 0.25) is 0 Å². The van der Waals surface area contributed by atoms with E-state index in [1.165, 1.54) is 27.6 Å². The molecular formula is C19H20N2. The summed E-state index contributed by atoms with van der Waals surface area (Å²) in [7, 11) is 0. The molecule has 0 saturated heterocycles. The summed E-state index contributed by atoms with van der Waals surface area (Å²) >= 11 is 0. The van der Waals surface area contributed by atoms with E-state index in [4.69, 9.17) is 0 Å². The highest BCUT2D eigenvalue weighted by atomic mass is 14.9. The topological polar surface area (TPSA) is 24.9 Å². The van der Waals surface area contributed by atoms with Crippen LogP contribution in [-0.4, -0.2) is 4.98 Å². The largest absolute Gasteiger partial charge is 0.381 e. The van der Waals surface area contributed by atoms with E-state index in [-0.39, 0.29) is 0 Å². The standard InChI is InChI=1S/C19H20N2/c1-14(2)15-5-4-8-18(11-15)21-13-17-7-3-6-16-12-20-10-9-19(16)17/h3-12,14,21H,13H2,1-2H3. The van der Waals surface area contributed by atoms with Gasteiger partial charge in [-0.05, 0) is 40.6 Å². The molecule has 2 heteroatoms. The quantitative estimate of drug-likeness (QED) is 0.727. The van der Waals surface area contributed by atoms with Crippen molar-refractivity contribution in [3.63, 3.8) is 0 Å². The van der Waals surface area contributed by atoms with Crippen molar-refractivity contribution in [2.75, 3.05) is 5.32 Å². The molecule has 3 aromatic rings. The van der Waals surface area contributed by atoms with Crippen molar-refractivity contribution in [1.29, 1.82) is 0 Å². The lowest BCUT2D eigenvalue weighted by molar-refractivity contribution is 0.866. The van der Waals surface area contributed by atoms with Crippen LogP contribution in [0, 0.1) is 0 Å². The average molecular weight is 276 g/mol. The molecule has 0 aliphatic heterocycles. The number of nitrogens with one attached hydrogen (secondary N) is 1. The lowest BCUT2D eigenvalue weighted by atomic mass is 10.0. The molecule has 106 valence electrons. The Morgan fingerprint density at radius 3 is 2.76 bits per heavy atom. The summed E-state index contributed by atoms with van der Waals surface area (Å²) in [6.45, 7) is 5.26. The SMILES string of the molecule is CC(C)c1cccc(NCc2cccc3cnccc23)c1. The van der Waals surface area contributed by atoms with E-state index < -0.39 is 0 Å². The molecule has 3 rings (SSSR count). The Morgan fingerprint density at radius 2 is 1.90 bits per heavy atom. The maximum atomic E-state index is 4.18. The monoisotopic (exact) mass is 276 g/mol. The third-order valence-corrected chi connectivity index (χ3v) is 3.81. The van der Waals surface area contributed by atoms with E-state index in [1.54, 1.807) is 0 Å². The normalized spacial score (nSPS) is 11.0. The second kappa shape index (κ2) is 5.96. The van der Waals surface area contributed by atoms with Crippen LogP contribution in [0.5, 0.6) is 0 Å². The molecule has 0 bridgehead atoms. The molecule has 1 N–H and O–H groups in total. The van der Waals surface area contributed by atoms with Crippen LogP contribution in [-0.2, 0) is 6.54 Å². The lowest BCUT2D eigenvalue weighted by Gasteiger charge is -2.12. The number of pyridine rings is 1. The second-order valence-electron chi connectivity index (χ2n) is 5.65. The Kier molecular flexibility index (Phi) is 3.87. The van der Waals surface area contributed by atoms with Crippen molar-refractivity contribution in [3.8, 4) is 0 Å². The Balaban J connectivity index is 1.82. The summed E-state index contributed by atoms with van der Waals surface area (Å²) in [4.78, 5) is 4.18. The predicted molar refractivity (Wildman–Crippen MR) is 89.6 cm³/mol. The number of nitrogens with zero attached hydrogens (tertiary/aromatic N) is 1. The molecule has 0 fully saturated rings. The predicted octanol–water partition coefficient (Wildman–Crippen LogP) is 4.97. The summed E-state index contributed by atoms with van der Waals surface area (Å²) in [5.74, 6) is 0.551. The van der Waals surface area contributed by atoms with Crippen LogP contribution in [0.25, 0.3) is 10.8 Å². The van der Waals surface area contributed by atoms with Gasteiger partial charge < -0.3 is 5.32 Å². The third kappa shape index (κ3) is 3.05. The average Bonchev–Trinajstić information content (AvgIpc) is 2.53. The number of rotatable bonds is 4. The Bertz CT molecular complexity index is 742. The summed E-state index contributed by atoms with van der Waals surface area (Å²) in [6.07, 6.45) is 3.77. The summed E-state index contributed by atoms with van der Waals surface area (Å²) in [6, 6.07) is 17.1. The first kappa shape index (κ1) is 13.6. The Labute approximate surface area is 125 Å². The number of fused-ring (bicyclic) bond motifs is 1. The van der Waals surface area contributed by atoms with Crippen molar-refractivity contribution < 1.29 is 0 Å². The minimum absolute atomic E-state index is 0.551. The molecule has 0 saturated carbocycles. The summed E-state index contributed by atoms with van der Waals surface area (Å²) in [5, 5.41) is 5.98. The van der Waals surface area contributed by atoms with Crippen molar-refractivity contribution in [1.82, 2.24) is 4.98 Å². The highest BCUT2D eigenvalue weighted by Gasteiger charge is 2.02. The van der Waals surface area contributed by atoms with Crippen molar-refractivity contribution in [2.24, 2.45) is 0 Å². The number of hydrogen-bond donors (Lipinski definition) is 1. The van der Waals surface area contributed by atoms with E-state index >= 15 is 0 Å². The van der Waals surface area contributed by atoms with Gasteiger partial charge in [0, 0.05) is 30.0 Å². The molecule has 0 radical (unpaired) electrons. The fourth-order valence-corrected chi connectivity index (χ4v) is 2.55. The van der Waals surface area contributed by atoms with Gasteiger partial charge in [-0.3, -0.25) is 4.98 Å². The van der Waals surface area contributed by atoms with Crippen molar-refractivity contribution in [3.05, 3.63) is 72.1 Å². The molecule has 0 unspecified atom stereocenters. The highest BCUT2D eigenvalue weighted by molar-refractivity contribution is 5.84. The van der Waals surface area contributed by atoms with Gasteiger partial charge >= 0.3 is 0 Å². The van der Waals surface area contributed by atoms with Crippen LogP contribution < -0.4 is 5.32 Å². The summed E-state index contributed by atoms with van der Waals surface area (Å²) < 4.78 is 0. The van der Waals surface area contributed by atoms with E-state index in [0.717, 1.165) is 6.54 Å². The van der Waals surface area contributed by atoms with Gasteiger partial charge in [0.05, 0.1) is 0 Å². The van der Waals surface area contributed by atoms with Crippen molar-refractivity contribution in [2.45, 2.75) is 26.3 Å². The Morgan fingerprint density at radius 1 is 1.05 bits per heavy atom. The number of aromatic nitrogens is 1. The lowest BCUT2D eigenvalue weighted by Crippen LogP contribution is -2.01. The number of anilines is 1. The van der Waals surface area contributed by atoms with Crippen LogP contribution in [0.3, 0.4) is 0 Å². The zero-order valence-corrected chi connectivity index (χ0v) is 12.5. The van der Waals surface area contributed by atoms with E-state index in [1.807, 2.05) is 12.4 Å². The van der Waals surface area contributed by atoms with Gasteiger partial charge in [0.15, 0.2) is 0 Å². The van der Waals surface area contributed by atoms with Crippen molar-refractivity contribution >= 4 is 16.5 Å². The number of benzene rings is 2. The van der Waals surface area contributed by atoms with Crippen LogP contribution in [0.1, 0.15) is 30.9 Å². The first-order valence-electron chi connectivity index (χ1n) is 7.39. The first-order chi connectivity index (χ1) is 10.2. The van der Waals surface area contributed by atoms with Crippen LogP contribution >= 0.6 is 0 Å². The van der Waals surface area contributed by atoms with E-state index in [9.17, 15) is 0 Å². The smallest absolute Gasteiger partial charge is 0.0406 e. The van der Waals surface area contributed by atoms with Crippen LogP contribution in [0.15, 0.2) is 60.9 Å². The van der Waals surface area contributed by atoms with Gasteiger partial charge in [-0.25, -0.2) is 0 Å². The van der Waals surface area contributed by atoms with E-state index in [2.05, 4.69) is 72.7 Å². The second-order valence-corrected chi connectivity index (χ2v) is 5.65. The van der Waals surface area contributed by atoms with Gasteiger partial charge in [-0.2, -0.15) is 0 Å². The maximum absolute atomic E-state index is 4.18. The molecule has 0 atom stereocenters. The molecular weight excluding hydrogens is 256 g/mol. The van der Waals surface area contributed by atoms with Gasteiger partial charge in [-0.15, -0.1) is 0 Å². The molecule has 0 amide bonds. The van der Waals surface area contributed by atoms with Gasteiger partial charge in [0.25, 0.3) is 0 Å². The summed E-state index contributed by atoms with van der Waals surface area (Å²) in [5.41, 5.74) is 3.83. The fraction of sp³-hybridized carbons (Fsp3) is 0.211. The third-order valence-electron chi connectivity index (χ3n) is 3.81. The minimum Gasteiger partial charge on any atom is -0.381 e. The minimum atomic E-state index is 0.551. The molecule has 1 aromatic heterocycles. The molecule has 0 aliphatic rings. The first-order valence-corrected chi connectivity index (χ1v) is 7.39. The molecule has 21 heavy (non-hydrogen) atoms. The van der Waals surface area contributed by atoms with Crippen LogP contribution in [0.4, 0.5) is 5.69 Å². The molecule has 2 nitrogen and oxygen atoms in total. The molecule has 0 aliphatic carbocycles. The van der Waals surface area contributed by atoms with Gasteiger partial charge in [0.1, 0.15) is 0 Å². The Hall–Kier alpha value is -2.35. The van der Waals surface area contributed by atoms with E-state index in [0.29, 0.717) is 5.92 Å². The highest BCUT2D eigenvalue weighted by Crippen LogP contribution is 2.21. The molecule has 2 aromatic carbocycles. The van der Waals surface area contributed by atoms with Gasteiger partial charge in [-0.1, -0.05) is 44.2 Å².